The normalized spacial score (nSPS) is 15.3. The van der Waals surface area contributed by atoms with Gasteiger partial charge in [0.25, 0.3) is 0 Å². The predicted molar refractivity (Wildman–Crippen MR) is 118 cm³/mol. The standard InChI is InChI=1S/C22H26F3N3O4S/c1-33(30,31)28(20-8-6-19(7-9-20)22(23,24)25)16-21(29)26-14-17-2-4-18(5-3-17)15-27-10-12-32-13-11-27/h2-9H,10-16H2,1H3,(H,26,29). The molecule has 7 nitrogen and oxygen atoms in total. The van der Waals surface area contributed by atoms with Crippen LogP contribution >= 0.6 is 0 Å². The Morgan fingerprint density at radius 2 is 1.61 bits per heavy atom. The Hall–Kier alpha value is -2.63. The first-order valence-electron chi connectivity index (χ1n) is 10.3. The van der Waals surface area contributed by atoms with Crippen LogP contribution in [-0.4, -0.2) is 58.3 Å². The lowest BCUT2D eigenvalue weighted by molar-refractivity contribution is -0.137. The van der Waals surface area contributed by atoms with Gasteiger partial charge in [0, 0.05) is 26.2 Å². The molecule has 1 aliphatic rings. The van der Waals surface area contributed by atoms with E-state index in [-0.39, 0.29) is 12.2 Å². The van der Waals surface area contributed by atoms with Gasteiger partial charge in [-0.3, -0.25) is 14.0 Å². The number of anilines is 1. The zero-order valence-electron chi connectivity index (χ0n) is 18.1. The van der Waals surface area contributed by atoms with Gasteiger partial charge < -0.3 is 10.1 Å². The molecule has 11 heteroatoms. The summed E-state index contributed by atoms with van der Waals surface area (Å²) >= 11 is 0. The van der Waals surface area contributed by atoms with E-state index in [1.165, 1.54) is 0 Å². The molecular weight excluding hydrogens is 459 g/mol. The van der Waals surface area contributed by atoms with E-state index < -0.39 is 34.2 Å². The number of hydrogen-bond acceptors (Lipinski definition) is 5. The molecule has 0 aromatic heterocycles. The number of nitrogens with one attached hydrogen (secondary N) is 1. The van der Waals surface area contributed by atoms with Gasteiger partial charge in [0.15, 0.2) is 0 Å². The van der Waals surface area contributed by atoms with E-state index in [0.717, 1.165) is 78.8 Å². The molecule has 0 spiro atoms. The van der Waals surface area contributed by atoms with E-state index in [1.807, 2.05) is 24.3 Å². The van der Waals surface area contributed by atoms with E-state index in [4.69, 9.17) is 4.74 Å². The third-order valence-electron chi connectivity index (χ3n) is 5.19. The number of rotatable bonds is 8. The van der Waals surface area contributed by atoms with E-state index in [0.29, 0.717) is 0 Å². The zero-order chi connectivity index (χ0) is 24.1. The summed E-state index contributed by atoms with van der Waals surface area (Å²) in [6, 6.07) is 11.4. The number of carbonyl (C=O) groups excluding carboxylic acids is 1. The summed E-state index contributed by atoms with van der Waals surface area (Å²) < 4.78 is 68.7. The summed E-state index contributed by atoms with van der Waals surface area (Å²) in [4.78, 5) is 14.7. The van der Waals surface area contributed by atoms with Crippen molar-refractivity contribution in [1.29, 1.82) is 0 Å². The van der Waals surface area contributed by atoms with Gasteiger partial charge in [-0.25, -0.2) is 8.42 Å². The Bertz CT molecular complexity index is 1040. The third kappa shape index (κ3) is 7.44. The van der Waals surface area contributed by atoms with Crippen LogP contribution in [-0.2, 0) is 38.8 Å². The molecule has 1 aliphatic heterocycles. The van der Waals surface area contributed by atoms with E-state index in [9.17, 15) is 26.4 Å². The van der Waals surface area contributed by atoms with Gasteiger partial charge in [0.1, 0.15) is 6.54 Å². The molecular formula is C22H26F3N3O4S. The molecule has 0 unspecified atom stereocenters. The molecule has 0 atom stereocenters. The Kier molecular flexibility index (Phi) is 7.98. The Morgan fingerprint density at radius 1 is 1.03 bits per heavy atom. The van der Waals surface area contributed by atoms with Crippen molar-refractivity contribution in [3.63, 3.8) is 0 Å². The van der Waals surface area contributed by atoms with Gasteiger partial charge in [-0.2, -0.15) is 13.2 Å². The molecule has 1 amide bonds. The number of benzene rings is 2. The molecule has 0 radical (unpaired) electrons. The van der Waals surface area contributed by atoms with Crippen molar-refractivity contribution >= 4 is 21.6 Å². The molecule has 0 aliphatic carbocycles. The third-order valence-corrected chi connectivity index (χ3v) is 6.33. The van der Waals surface area contributed by atoms with Gasteiger partial charge >= 0.3 is 6.18 Å². The summed E-state index contributed by atoms with van der Waals surface area (Å²) in [5.41, 5.74) is 1.06. The van der Waals surface area contributed by atoms with Gasteiger partial charge in [-0.15, -0.1) is 0 Å². The van der Waals surface area contributed by atoms with Gasteiger partial charge in [-0.05, 0) is 35.4 Å². The van der Waals surface area contributed by atoms with Gasteiger partial charge in [0.2, 0.25) is 15.9 Å². The van der Waals surface area contributed by atoms with Crippen LogP contribution in [0.3, 0.4) is 0 Å². The zero-order valence-corrected chi connectivity index (χ0v) is 19.0. The lowest BCUT2D eigenvalue weighted by atomic mass is 10.1. The minimum atomic E-state index is -4.54. The second-order valence-corrected chi connectivity index (χ2v) is 9.70. The van der Waals surface area contributed by atoms with Crippen molar-refractivity contribution in [1.82, 2.24) is 10.2 Å². The van der Waals surface area contributed by atoms with Crippen LogP contribution in [0, 0.1) is 0 Å². The van der Waals surface area contributed by atoms with Crippen LogP contribution in [0.5, 0.6) is 0 Å². The molecule has 2 aromatic carbocycles. The minimum Gasteiger partial charge on any atom is -0.379 e. The smallest absolute Gasteiger partial charge is 0.379 e. The summed E-state index contributed by atoms with van der Waals surface area (Å²) in [5.74, 6) is -0.572. The first kappa shape index (κ1) is 25.0. The quantitative estimate of drug-likeness (QED) is 0.622. The van der Waals surface area contributed by atoms with Crippen LogP contribution in [0.4, 0.5) is 18.9 Å². The van der Waals surface area contributed by atoms with Crippen LogP contribution in [0.1, 0.15) is 16.7 Å². The first-order chi connectivity index (χ1) is 15.5. The number of ether oxygens (including phenoxy) is 1. The second-order valence-electron chi connectivity index (χ2n) is 7.80. The fourth-order valence-corrected chi connectivity index (χ4v) is 4.24. The predicted octanol–water partition coefficient (Wildman–Crippen LogP) is 2.62. The minimum absolute atomic E-state index is 0.0203. The lowest BCUT2D eigenvalue weighted by Gasteiger charge is -2.26. The number of sulfonamides is 1. The fraction of sp³-hybridized carbons (Fsp3) is 0.409. The van der Waals surface area contributed by atoms with Crippen molar-refractivity contribution in [3.8, 4) is 0 Å². The van der Waals surface area contributed by atoms with Crippen molar-refractivity contribution in [2.45, 2.75) is 19.3 Å². The number of morpholine rings is 1. The molecule has 1 N–H and O–H groups in total. The molecule has 1 fully saturated rings. The summed E-state index contributed by atoms with van der Waals surface area (Å²) in [6.45, 7) is 3.68. The molecule has 0 saturated carbocycles. The highest BCUT2D eigenvalue weighted by atomic mass is 32.2. The number of amides is 1. The molecule has 1 heterocycles. The average molecular weight is 486 g/mol. The highest BCUT2D eigenvalue weighted by molar-refractivity contribution is 7.92. The van der Waals surface area contributed by atoms with Crippen LogP contribution in [0.2, 0.25) is 0 Å². The average Bonchev–Trinajstić information content (AvgIpc) is 2.76. The molecule has 33 heavy (non-hydrogen) atoms. The molecule has 3 rings (SSSR count). The van der Waals surface area contributed by atoms with E-state index >= 15 is 0 Å². The number of nitrogens with zero attached hydrogens (tertiary/aromatic N) is 2. The lowest BCUT2D eigenvalue weighted by Crippen LogP contribution is -2.40. The SMILES string of the molecule is CS(=O)(=O)N(CC(=O)NCc1ccc(CN2CCOCC2)cc1)c1ccc(C(F)(F)F)cc1. The summed E-state index contributed by atoms with van der Waals surface area (Å²) in [7, 11) is -3.89. The summed E-state index contributed by atoms with van der Waals surface area (Å²) in [5, 5.41) is 2.66. The maximum Gasteiger partial charge on any atom is 0.416 e. The van der Waals surface area contributed by atoms with Crippen LogP contribution < -0.4 is 9.62 Å². The molecule has 2 aromatic rings. The Labute approximate surface area is 191 Å². The maximum absolute atomic E-state index is 12.8. The molecule has 0 bridgehead atoms. The maximum atomic E-state index is 12.8. The van der Waals surface area contributed by atoms with Crippen molar-refractivity contribution in [2.75, 3.05) is 43.4 Å². The fourth-order valence-electron chi connectivity index (χ4n) is 3.38. The van der Waals surface area contributed by atoms with Crippen molar-refractivity contribution in [2.24, 2.45) is 0 Å². The monoisotopic (exact) mass is 485 g/mol. The number of halogens is 3. The highest BCUT2D eigenvalue weighted by Gasteiger charge is 2.30. The van der Waals surface area contributed by atoms with E-state index in [1.54, 1.807) is 0 Å². The van der Waals surface area contributed by atoms with Crippen molar-refractivity contribution < 1.29 is 31.1 Å². The van der Waals surface area contributed by atoms with Gasteiger partial charge in [-0.1, -0.05) is 24.3 Å². The van der Waals surface area contributed by atoms with Gasteiger partial charge in [0.05, 0.1) is 30.7 Å². The highest BCUT2D eigenvalue weighted by Crippen LogP contribution is 2.30. The number of alkyl halides is 3. The van der Waals surface area contributed by atoms with Crippen LogP contribution in [0.25, 0.3) is 0 Å². The first-order valence-corrected chi connectivity index (χ1v) is 12.2. The second kappa shape index (κ2) is 10.5. The van der Waals surface area contributed by atoms with E-state index in [2.05, 4.69) is 10.2 Å². The summed E-state index contributed by atoms with van der Waals surface area (Å²) in [6.07, 6.45) is -3.64. The van der Waals surface area contributed by atoms with Crippen molar-refractivity contribution in [3.05, 3.63) is 65.2 Å². The Balaban J connectivity index is 1.57. The van der Waals surface area contributed by atoms with Crippen LogP contribution in [0.15, 0.2) is 48.5 Å². The molecule has 1 saturated heterocycles. The molecule has 180 valence electrons. The number of hydrogen-bond donors (Lipinski definition) is 1. The largest absolute Gasteiger partial charge is 0.416 e. The Morgan fingerprint density at radius 3 is 2.15 bits per heavy atom. The number of carbonyl (C=O) groups is 1. The topological polar surface area (TPSA) is 79.0 Å².